The van der Waals surface area contributed by atoms with Gasteiger partial charge in [-0.05, 0) is 48.2 Å². The second-order valence-electron chi connectivity index (χ2n) is 8.97. The number of halogens is 1. The highest BCUT2D eigenvalue weighted by atomic mass is 35.5. The first-order chi connectivity index (χ1) is 17.6. The van der Waals surface area contributed by atoms with Crippen molar-refractivity contribution in [3.8, 4) is 16.9 Å². The van der Waals surface area contributed by atoms with E-state index in [0.717, 1.165) is 71.9 Å². The maximum atomic E-state index is 13.8. The van der Waals surface area contributed by atoms with E-state index in [1.54, 1.807) is 18.4 Å². The van der Waals surface area contributed by atoms with E-state index < -0.39 is 0 Å². The van der Waals surface area contributed by atoms with Gasteiger partial charge in [0.05, 0.1) is 25.0 Å². The third-order valence-electron chi connectivity index (χ3n) is 6.59. The number of amides is 1. The van der Waals surface area contributed by atoms with Gasteiger partial charge in [0.2, 0.25) is 0 Å². The zero-order valence-corrected chi connectivity index (χ0v) is 22.8. The number of benzene rings is 3. The maximum Gasteiger partial charge on any atom is 0.260 e. The van der Waals surface area contributed by atoms with Crippen LogP contribution in [0.3, 0.4) is 0 Å². The van der Waals surface area contributed by atoms with Gasteiger partial charge < -0.3 is 9.47 Å². The lowest BCUT2D eigenvalue weighted by Crippen LogP contribution is -2.39. The average Bonchev–Trinajstić information content (AvgIpc) is 3.38. The van der Waals surface area contributed by atoms with Crippen molar-refractivity contribution in [2.24, 2.45) is 0 Å². The molecule has 4 aromatic rings. The zero-order valence-electron chi connectivity index (χ0n) is 21.2. The quantitative estimate of drug-likeness (QED) is 0.273. The van der Waals surface area contributed by atoms with E-state index in [2.05, 4.69) is 24.0 Å². The summed E-state index contributed by atoms with van der Waals surface area (Å²) in [6.07, 6.45) is 0.861. The number of hydrogen-bond acceptors (Lipinski definition) is 6. The summed E-state index contributed by atoms with van der Waals surface area (Å²) in [6.45, 7) is 7.00. The van der Waals surface area contributed by atoms with E-state index in [-0.39, 0.29) is 18.3 Å². The van der Waals surface area contributed by atoms with E-state index in [4.69, 9.17) is 14.5 Å². The van der Waals surface area contributed by atoms with E-state index in [1.807, 2.05) is 59.5 Å². The van der Waals surface area contributed by atoms with Crippen LogP contribution in [0.4, 0.5) is 5.13 Å². The Hall–Kier alpha value is -2.97. The maximum absolute atomic E-state index is 13.8. The van der Waals surface area contributed by atoms with Gasteiger partial charge in [-0.15, -0.1) is 12.4 Å². The van der Waals surface area contributed by atoms with Gasteiger partial charge in [-0.1, -0.05) is 59.9 Å². The molecule has 2 heterocycles. The fourth-order valence-electron chi connectivity index (χ4n) is 4.53. The minimum absolute atomic E-state index is 0. The van der Waals surface area contributed by atoms with Crippen LogP contribution in [0.15, 0.2) is 66.7 Å². The zero-order chi connectivity index (χ0) is 24.9. The molecule has 0 N–H and O–H groups in total. The number of carbonyl (C=O) groups excluding carboxylic acids is 1. The van der Waals surface area contributed by atoms with Crippen LogP contribution in [0.25, 0.3) is 21.3 Å². The van der Waals surface area contributed by atoms with Crippen LogP contribution >= 0.6 is 23.7 Å². The summed E-state index contributed by atoms with van der Waals surface area (Å²) in [5, 5.41) is 0.705. The molecule has 0 saturated carbocycles. The third-order valence-corrected chi connectivity index (χ3v) is 7.80. The van der Waals surface area contributed by atoms with Crippen LogP contribution in [0, 0.1) is 6.92 Å². The second-order valence-corrected chi connectivity index (χ2v) is 9.94. The van der Waals surface area contributed by atoms with Crippen molar-refractivity contribution in [1.29, 1.82) is 0 Å². The number of aryl methyl sites for hydroxylation is 1. The summed E-state index contributed by atoms with van der Waals surface area (Å²) in [5.74, 6) is 0.693. The highest BCUT2D eigenvalue weighted by Gasteiger charge is 2.23. The number of morpholine rings is 1. The SMILES string of the molecule is COc1ccc(C)c2sc(N(CCCN3CCOCC3)C(=O)c3ccc(-c4ccccc4)cc3)nc12.Cl. The largest absolute Gasteiger partial charge is 0.494 e. The van der Waals surface area contributed by atoms with Gasteiger partial charge in [-0.2, -0.15) is 0 Å². The number of hydrogen-bond donors (Lipinski definition) is 0. The van der Waals surface area contributed by atoms with Gasteiger partial charge in [0, 0.05) is 31.7 Å². The summed E-state index contributed by atoms with van der Waals surface area (Å²) >= 11 is 1.55. The molecule has 37 heavy (non-hydrogen) atoms. The molecular weight excluding hydrogens is 506 g/mol. The standard InChI is InChI=1S/C29H31N3O3S.ClH/c1-21-9-14-25(34-2)26-27(21)36-29(30-26)32(16-6-15-31-17-19-35-20-18-31)28(33)24-12-10-23(11-13-24)22-7-4-3-5-8-22;/h3-5,7-14H,6,15-20H2,1-2H3;1H. The molecule has 5 rings (SSSR count). The molecule has 0 radical (unpaired) electrons. The summed E-state index contributed by atoms with van der Waals surface area (Å²) < 4.78 is 12.1. The lowest BCUT2D eigenvalue weighted by Gasteiger charge is -2.27. The highest BCUT2D eigenvalue weighted by Crippen LogP contribution is 2.37. The highest BCUT2D eigenvalue weighted by molar-refractivity contribution is 7.22. The molecule has 0 spiro atoms. The molecule has 0 unspecified atom stereocenters. The molecule has 1 aliphatic heterocycles. The molecule has 6 nitrogen and oxygen atoms in total. The van der Waals surface area contributed by atoms with Crippen LogP contribution < -0.4 is 9.64 Å². The Morgan fingerprint density at radius 1 is 1.03 bits per heavy atom. The Labute approximate surface area is 228 Å². The molecule has 1 aliphatic rings. The summed E-state index contributed by atoms with van der Waals surface area (Å²) in [4.78, 5) is 22.9. The number of fused-ring (bicyclic) bond motifs is 1. The Kier molecular flexibility index (Phi) is 9.16. The first-order valence-corrected chi connectivity index (χ1v) is 13.2. The average molecular weight is 538 g/mol. The molecular formula is C29H32ClN3O3S. The van der Waals surface area contributed by atoms with Crippen LogP contribution in [0.5, 0.6) is 5.75 Å². The number of thiazole rings is 1. The Morgan fingerprint density at radius 3 is 2.43 bits per heavy atom. The predicted molar refractivity (Wildman–Crippen MR) is 154 cm³/mol. The van der Waals surface area contributed by atoms with Crippen LogP contribution in [-0.2, 0) is 4.74 Å². The van der Waals surface area contributed by atoms with Crippen molar-refractivity contribution in [2.45, 2.75) is 13.3 Å². The molecule has 1 amide bonds. The van der Waals surface area contributed by atoms with Gasteiger partial charge in [-0.3, -0.25) is 14.6 Å². The lowest BCUT2D eigenvalue weighted by molar-refractivity contribution is 0.0376. The first kappa shape index (κ1) is 27.1. The fraction of sp³-hybridized carbons (Fsp3) is 0.310. The van der Waals surface area contributed by atoms with Crippen LogP contribution in [0.2, 0.25) is 0 Å². The monoisotopic (exact) mass is 537 g/mol. The van der Waals surface area contributed by atoms with Crippen molar-refractivity contribution in [2.75, 3.05) is 51.4 Å². The molecule has 0 aliphatic carbocycles. The Morgan fingerprint density at radius 2 is 1.73 bits per heavy atom. The summed E-state index contributed by atoms with van der Waals surface area (Å²) in [5.41, 5.74) is 4.81. The normalized spacial score (nSPS) is 13.8. The van der Waals surface area contributed by atoms with Crippen molar-refractivity contribution >= 4 is 45.0 Å². The smallest absolute Gasteiger partial charge is 0.260 e. The van der Waals surface area contributed by atoms with Gasteiger partial charge >= 0.3 is 0 Å². The lowest BCUT2D eigenvalue weighted by atomic mass is 10.0. The minimum atomic E-state index is -0.0349. The minimum Gasteiger partial charge on any atom is -0.494 e. The predicted octanol–water partition coefficient (Wildman–Crippen LogP) is 6.07. The summed E-state index contributed by atoms with van der Waals surface area (Å²) in [7, 11) is 1.66. The van der Waals surface area contributed by atoms with Crippen LogP contribution in [-0.4, -0.2) is 62.3 Å². The fourth-order valence-corrected chi connectivity index (χ4v) is 5.61. The topological polar surface area (TPSA) is 54.9 Å². The Bertz CT molecular complexity index is 1320. The van der Waals surface area contributed by atoms with Gasteiger partial charge in [-0.25, -0.2) is 4.98 Å². The van der Waals surface area contributed by atoms with E-state index in [0.29, 0.717) is 17.2 Å². The third kappa shape index (κ3) is 6.13. The van der Waals surface area contributed by atoms with E-state index >= 15 is 0 Å². The number of carbonyl (C=O) groups is 1. The molecule has 0 atom stereocenters. The van der Waals surface area contributed by atoms with Crippen molar-refractivity contribution < 1.29 is 14.3 Å². The number of anilines is 1. The van der Waals surface area contributed by atoms with Gasteiger partial charge in [0.25, 0.3) is 5.91 Å². The molecule has 8 heteroatoms. The van der Waals surface area contributed by atoms with Crippen LogP contribution in [0.1, 0.15) is 22.3 Å². The van der Waals surface area contributed by atoms with Gasteiger partial charge in [0.15, 0.2) is 5.13 Å². The number of rotatable bonds is 8. The molecule has 194 valence electrons. The second kappa shape index (κ2) is 12.5. The number of nitrogens with zero attached hydrogens (tertiary/aromatic N) is 3. The number of methoxy groups -OCH3 is 1. The van der Waals surface area contributed by atoms with Crippen molar-refractivity contribution in [1.82, 2.24) is 9.88 Å². The van der Waals surface area contributed by atoms with Crippen molar-refractivity contribution in [3.05, 3.63) is 77.9 Å². The number of ether oxygens (including phenoxy) is 2. The van der Waals surface area contributed by atoms with E-state index in [1.165, 1.54) is 0 Å². The number of aromatic nitrogens is 1. The Balaban J connectivity index is 0.00000320. The molecule has 3 aromatic carbocycles. The molecule has 1 aromatic heterocycles. The summed E-state index contributed by atoms with van der Waals surface area (Å²) in [6, 6.07) is 22.0. The molecule has 1 saturated heterocycles. The molecule has 1 fully saturated rings. The molecule has 0 bridgehead atoms. The van der Waals surface area contributed by atoms with E-state index in [9.17, 15) is 4.79 Å². The first-order valence-electron chi connectivity index (χ1n) is 12.4. The van der Waals surface area contributed by atoms with Crippen molar-refractivity contribution in [3.63, 3.8) is 0 Å². The van der Waals surface area contributed by atoms with Gasteiger partial charge in [0.1, 0.15) is 11.3 Å².